The minimum atomic E-state index is -0.411. The smallest absolute Gasteiger partial charge is 0.257 e. The lowest BCUT2D eigenvalue weighted by Gasteiger charge is -2.37. The largest absolute Gasteiger partial charge is 0.496 e. The summed E-state index contributed by atoms with van der Waals surface area (Å²) in [6, 6.07) is 4.34. The maximum absolute atomic E-state index is 13.7. The van der Waals surface area contributed by atoms with Gasteiger partial charge in [0.2, 0.25) is 0 Å². The molecule has 0 radical (unpaired) electrons. The summed E-state index contributed by atoms with van der Waals surface area (Å²) < 4.78 is 24.3. The first kappa shape index (κ1) is 18.1. The van der Waals surface area contributed by atoms with Crippen LogP contribution >= 0.6 is 0 Å². The van der Waals surface area contributed by atoms with Gasteiger partial charge in [0.1, 0.15) is 11.6 Å². The highest BCUT2D eigenvalue weighted by Gasteiger charge is 2.29. The molecule has 2 aliphatic heterocycles. The molecule has 0 spiro atoms. The highest BCUT2D eigenvalue weighted by atomic mass is 19.1. The Morgan fingerprint density at radius 2 is 2.08 bits per heavy atom. The van der Waals surface area contributed by atoms with Crippen LogP contribution in [0.5, 0.6) is 5.75 Å². The normalized spacial score (nSPS) is 22.0. The first-order valence-corrected chi connectivity index (χ1v) is 9.13. The summed E-state index contributed by atoms with van der Waals surface area (Å²) in [5, 5.41) is 0. The molecule has 2 saturated heterocycles. The fourth-order valence-corrected chi connectivity index (χ4v) is 3.73. The molecular weight excluding hydrogens is 323 g/mol. The van der Waals surface area contributed by atoms with E-state index in [4.69, 9.17) is 9.47 Å². The summed E-state index contributed by atoms with van der Waals surface area (Å²) in [5.74, 6) is -0.0991. The molecule has 138 valence electrons. The number of nitrogens with zero attached hydrogens (tertiary/aromatic N) is 2. The van der Waals surface area contributed by atoms with E-state index < -0.39 is 5.82 Å². The van der Waals surface area contributed by atoms with E-state index in [1.54, 1.807) is 0 Å². The molecule has 2 heterocycles. The van der Waals surface area contributed by atoms with Crippen molar-refractivity contribution in [2.45, 2.75) is 31.7 Å². The van der Waals surface area contributed by atoms with Crippen LogP contribution in [-0.2, 0) is 4.74 Å². The van der Waals surface area contributed by atoms with E-state index in [1.807, 2.05) is 4.90 Å². The van der Waals surface area contributed by atoms with Gasteiger partial charge in [-0.1, -0.05) is 0 Å². The third-order valence-electron chi connectivity index (χ3n) is 5.16. The number of hydrogen-bond acceptors (Lipinski definition) is 4. The molecule has 0 aromatic heterocycles. The van der Waals surface area contributed by atoms with Gasteiger partial charge in [0, 0.05) is 32.2 Å². The summed E-state index contributed by atoms with van der Waals surface area (Å²) in [6.45, 7) is 5.18. The molecule has 0 unspecified atom stereocenters. The lowest BCUT2D eigenvalue weighted by Crippen LogP contribution is -2.46. The molecule has 1 atom stereocenters. The molecule has 5 nitrogen and oxygen atoms in total. The summed E-state index contributed by atoms with van der Waals surface area (Å²) in [6.07, 6.45) is 4.09. The Morgan fingerprint density at radius 1 is 1.28 bits per heavy atom. The van der Waals surface area contributed by atoms with E-state index in [0.717, 1.165) is 65.1 Å². The number of piperidine rings is 1. The molecule has 0 saturated carbocycles. The summed E-state index contributed by atoms with van der Waals surface area (Å²) in [7, 11) is 1.51. The van der Waals surface area contributed by atoms with Crippen LogP contribution < -0.4 is 4.74 Å². The number of morpholine rings is 1. The monoisotopic (exact) mass is 350 g/mol. The molecule has 2 aliphatic rings. The number of amides is 1. The second-order valence-corrected chi connectivity index (χ2v) is 6.74. The Hall–Kier alpha value is -1.66. The molecule has 0 aliphatic carbocycles. The third-order valence-corrected chi connectivity index (χ3v) is 5.16. The van der Waals surface area contributed by atoms with Crippen LogP contribution in [0.4, 0.5) is 4.39 Å². The summed E-state index contributed by atoms with van der Waals surface area (Å²) in [4.78, 5) is 17.3. The van der Waals surface area contributed by atoms with Crippen molar-refractivity contribution >= 4 is 5.91 Å². The number of likely N-dealkylation sites (tertiary alicyclic amines) is 1. The van der Waals surface area contributed by atoms with Crippen LogP contribution in [0.1, 0.15) is 36.0 Å². The fraction of sp³-hybridized carbons (Fsp3) is 0.632. The van der Waals surface area contributed by atoms with E-state index in [2.05, 4.69) is 4.90 Å². The van der Waals surface area contributed by atoms with Gasteiger partial charge in [-0.2, -0.15) is 0 Å². The van der Waals surface area contributed by atoms with E-state index in [0.29, 0.717) is 11.3 Å². The Balaban J connectivity index is 1.69. The Labute approximate surface area is 148 Å². The van der Waals surface area contributed by atoms with Crippen molar-refractivity contribution < 1.29 is 18.7 Å². The van der Waals surface area contributed by atoms with Gasteiger partial charge in [-0.3, -0.25) is 9.69 Å². The van der Waals surface area contributed by atoms with Crippen LogP contribution in [0.15, 0.2) is 18.2 Å². The first-order valence-electron chi connectivity index (χ1n) is 9.13. The topological polar surface area (TPSA) is 42.0 Å². The maximum Gasteiger partial charge on any atom is 0.257 e. The average Bonchev–Trinajstić information content (AvgIpc) is 2.67. The second kappa shape index (κ2) is 8.63. The van der Waals surface area contributed by atoms with Crippen LogP contribution in [0, 0.1) is 5.82 Å². The molecule has 2 fully saturated rings. The van der Waals surface area contributed by atoms with Crippen molar-refractivity contribution in [3.8, 4) is 5.75 Å². The standard InChI is InChI=1S/C19H27FN2O3/c1-24-18-6-5-15(20)14-17(18)19(23)22-8-3-2-4-16(22)7-9-21-10-12-25-13-11-21/h5-6,14,16H,2-4,7-13H2,1H3/t16-/m1/s1. The molecule has 25 heavy (non-hydrogen) atoms. The third kappa shape index (κ3) is 4.50. The van der Waals surface area contributed by atoms with Crippen LogP contribution in [0.3, 0.4) is 0 Å². The van der Waals surface area contributed by atoms with Crippen LogP contribution in [0.25, 0.3) is 0 Å². The van der Waals surface area contributed by atoms with Gasteiger partial charge in [-0.05, 0) is 43.9 Å². The van der Waals surface area contributed by atoms with Crippen molar-refractivity contribution in [2.24, 2.45) is 0 Å². The number of carbonyl (C=O) groups excluding carboxylic acids is 1. The molecule has 3 rings (SSSR count). The minimum absolute atomic E-state index is 0.122. The zero-order valence-electron chi connectivity index (χ0n) is 14.9. The zero-order valence-corrected chi connectivity index (χ0v) is 14.9. The number of methoxy groups -OCH3 is 1. The Kier molecular flexibility index (Phi) is 6.26. The predicted molar refractivity (Wildman–Crippen MR) is 93.5 cm³/mol. The SMILES string of the molecule is COc1ccc(F)cc1C(=O)N1CCCC[C@@H]1CCN1CCOCC1. The number of rotatable bonds is 5. The quantitative estimate of drug-likeness (QED) is 0.818. The molecule has 0 N–H and O–H groups in total. The molecule has 1 aromatic carbocycles. The van der Waals surface area contributed by atoms with Gasteiger partial charge < -0.3 is 14.4 Å². The van der Waals surface area contributed by atoms with Gasteiger partial charge >= 0.3 is 0 Å². The van der Waals surface area contributed by atoms with Crippen molar-refractivity contribution in [1.29, 1.82) is 0 Å². The van der Waals surface area contributed by atoms with Gasteiger partial charge in [0.15, 0.2) is 0 Å². The van der Waals surface area contributed by atoms with Crippen molar-refractivity contribution in [1.82, 2.24) is 9.80 Å². The molecule has 0 bridgehead atoms. The molecule has 6 heteroatoms. The van der Waals surface area contributed by atoms with E-state index in [1.165, 1.54) is 25.3 Å². The van der Waals surface area contributed by atoms with E-state index in [9.17, 15) is 9.18 Å². The second-order valence-electron chi connectivity index (χ2n) is 6.74. The zero-order chi connectivity index (χ0) is 17.6. The summed E-state index contributed by atoms with van der Waals surface area (Å²) >= 11 is 0. The first-order chi connectivity index (χ1) is 12.2. The number of halogens is 1. The minimum Gasteiger partial charge on any atom is -0.496 e. The number of ether oxygens (including phenoxy) is 2. The summed E-state index contributed by atoms with van der Waals surface area (Å²) in [5.41, 5.74) is 0.320. The Bertz CT molecular complexity index is 590. The lowest BCUT2D eigenvalue weighted by atomic mass is 9.97. The van der Waals surface area contributed by atoms with Crippen LogP contribution in [0.2, 0.25) is 0 Å². The predicted octanol–water partition coefficient (Wildman–Crippen LogP) is 2.55. The highest BCUT2D eigenvalue weighted by molar-refractivity contribution is 5.97. The van der Waals surface area contributed by atoms with Gasteiger partial charge in [0.25, 0.3) is 5.91 Å². The van der Waals surface area contributed by atoms with Crippen molar-refractivity contribution in [3.63, 3.8) is 0 Å². The van der Waals surface area contributed by atoms with E-state index >= 15 is 0 Å². The van der Waals surface area contributed by atoms with Crippen LogP contribution in [-0.4, -0.2) is 68.3 Å². The molecule has 1 aromatic rings. The van der Waals surface area contributed by atoms with Crippen molar-refractivity contribution in [3.05, 3.63) is 29.6 Å². The Morgan fingerprint density at radius 3 is 2.84 bits per heavy atom. The number of carbonyl (C=O) groups is 1. The lowest BCUT2D eigenvalue weighted by molar-refractivity contribution is 0.0295. The fourth-order valence-electron chi connectivity index (χ4n) is 3.73. The average molecular weight is 350 g/mol. The van der Waals surface area contributed by atoms with Gasteiger partial charge in [-0.25, -0.2) is 4.39 Å². The van der Waals surface area contributed by atoms with Crippen molar-refractivity contribution in [2.75, 3.05) is 46.5 Å². The molecule has 1 amide bonds. The van der Waals surface area contributed by atoms with E-state index in [-0.39, 0.29) is 11.9 Å². The maximum atomic E-state index is 13.7. The van der Waals surface area contributed by atoms with Gasteiger partial charge in [-0.15, -0.1) is 0 Å². The number of benzene rings is 1. The van der Waals surface area contributed by atoms with Gasteiger partial charge in [0.05, 0.1) is 25.9 Å². The highest BCUT2D eigenvalue weighted by Crippen LogP contribution is 2.27. The molecular formula is C19H27FN2O3. The number of hydrogen-bond donors (Lipinski definition) is 0.